The van der Waals surface area contributed by atoms with Gasteiger partial charge in [-0.2, -0.15) is 0 Å². The summed E-state index contributed by atoms with van der Waals surface area (Å²) in [6.07, 6.45) is 5.20. The van der Waals surface area contributed by atoms with E-state index in [4.69, 9.17) is 0 Å². The van der Waals surface area contributed by atoms with Crippen molar-refractivity contribution in [2.75, 3.05) is 12.3 Å². The summed E-state index contributed by atoms with van der Waals surface area (Å²) >= 11 is 1.73. The first-order valence-electron chi connectivity index (χ1n) is 7.02. The monoisotopic (exact) mass is 296 g/mol. The third kappa shape index (κ3) is 2.97. The lowest BCUT2D eigenvalue weighted by atomic mass is 9.89. The van der Waals surface area contributed by atoms with E-state index >= 15 is 0 Å². The van der Waals surface area contributed by atoms with Gasteiger partial charge in [-0.3, -0.25) is 4.99 Å². The van der Waals surface area contributed by atoms with Crippen molar-refractivity contribution in [3.05, 3.63) is 35.4 Å². The highest BCUT2D eigenvalue weighted by molar-refractivity contribution is 8.13. The average Bonchev–Trinajstić information content (AvgIpc) is 2.88. The minimum Gasteiger partial charge on any atom is -0.361 e. The Morgan fingerprint density at radius 1 is 1.25 bits per heavy atom. The zero-order valence-electron chi connectivity index (χ0n) is 11.3. The largest absolute Gasteiger partial charge is 0.361 e. The smallest absolute Gasteiger partial charge is 0.156 e. The molecule has 1 fully saturated rings. The van der Waals surface area contributed by atoms with Crippen LogP contribution in [0.15, 0.2) is 23.2 Å². The van der Waals surface area contributed by atoms with E-state index in [9.17, 15) is 8.78 Å². The highest BCUT2D eigenvalue weighted by Gasteiger charge is 2.36. The Morgan fingerprint density at radius 2 is 2.05 bits per heavy atom. The van der Waals surface area contributed by atoms with Gasteiger partial charge in [-0.15, -0.1) is 0 Å². The molecule has 0 unspecified atom stereocenters. The fourth-order valence-corrected chi connectivity index (χ4v) is 4.08. The number of nitrogens with zero attached hydrogens (tertiary/aromatic N) is 1. The van der Waals surface area contributed by atoms with Gasteiger partial charge in [-0.05, 0) is 24.3 Å². The van der Waals surface area contributed by atoms with Gasteiger partial charge in [0.05, 0.1) is 0 Å². The summed E-state index contributed by atoms with van der Waals surface area (Å²) in [5.74, 6) is 0.0510. The third-order valence-corrected chi connectivity index (χ3v) is 5.49. The number of nitrogens with one attached hydrogen (secondary N) is 1. The van der Waals surface area contributed by atoms with Crippen LogP contribution in [0.4, 0.5) is 8.78 Å². The van der Waals surface area contributed by atoms with Crippen molar-refractivity contribution in [2.45, 2.75) is 32.2 Å². The topological polar surface area (TPSA) is 24.4 Å². The van der Waals surface area contributed by atoms with E-state index in [-0.39, 0.29) is 0 Å². The first-order chi connectivity index (χ1) is 9.67. The first-order valence-corrected chi connectivity index (χ1v) is 8.01. The summed E-state index contributed by atoms with van der Waals surface area (Å²) in [5, 5.41) is 4.04. The molecule has 1 aromatic rings. The van der Waals surface area contributed by atoms with E-state index in [1.807, 2.05) is 0 Å². The van der Waals surface area contributed by atoms with Gasteiger partial charge in [0.25, 0.3) is 0 Å². The minimum atomic E-state index is -0.543. The molecule has 0 radical (unpaired) electrons. The molecule has 2 aliphatic rings. The highest BCUT2D eigenvalue weighted by atomic mass is 32.2. The van der Waals surface area contributed by atoms with Crippen LogP contribution in [-0.4, -0.2) is 17.5 Å². The van der Waals surface area contributed by atoms with E-state index in [1.165, 1.54) is 37.8 Å². The number of halogens is 2. The number of hydrogen-bond donors (Lipinski definition) is 1. The quantitative estimate of drug-likeness (QED) is 0.899. The SMILES string of the molecule is Fc1ccc(CNC2=NCC3(CCCC3)CS2)c(F)c1. The Morgan fingerprint density at radius 3 is 2.70 bits per heavy atom. The molecular weight excluding hydrogens is 278 g/mol. The van der Waals surface area contributed by atoms with Crippen molar-refractivity contribution < 1.29 is 8.78 Å². The second-order valence-electron chi connectivity index (χ2n) is 5.71. The van der Waals surface area contributed by atoms with Crippen LogP contribution in [0.25, 0.3) is 0 Å². The molecule has 1 aromatic carbocycles. The zero-order valence-corrected chi connectivity index (χ0v) is 12.1. The van der Waals surface area contributed by atoms with Gasteiger partial charge in [0.2, 0.25) is 0 Å². The Bertz CT molecular complexity index is 525. The lowest BCUT2D eigenvalue weighted by Crippen LogP contribution is -2.33. The molecule has 0 amide bonds. The molecule has 1 N–H and O–H groups in total. The fraction of sp³-hybridized carbons (Fsp3) is 0.533. The van der Waals surface area contributed by atoms with Crippen LogP contribution < -0.4 is 5.32 Å². The minimum absolute atomic E-state index is 0.352. The summed E-state index contributed by atoms with van der Waals surface area (Å²) < 4.78 is 26.3. The van der Waals surface area contributed by atoms with Gasteiger partial charge >= 0.3 is 0 Å². The van der Waals surface area contributed by atoms with E-state index in [0.717, 1.165) is 23.5 Å². The second-order valence-corrected chi connectivity index (χ2v) is 6.67. The van der Waals surface area contributed by atoms with Crippen molar-refractivity contribution in [1.82, 2.24) is 5.32 Å². The van der Waals surface area contributed by atoms with Crippen molar-refractivity contribution in [2.24, 2.45) is 10.4 Å². The molecule has 20 heavy (non-hydrogen) atoms. The average molecular weight is 296 g/mol. The molecule has 0 bridgehead atoms. The molecule has 1 aliphatic heterocycles. The summed E-state index contributed by atoms with van der Waals surface area (Å²) in [4.78, 5) is 4.60. The lowest BCUT2D eigenvalue weighted by molar-refractivity contribution is 0.358. The van der Waals surface area contributed by atoms with E-state index in [0.29, 0.717) is 17.5 Å². The van der Waals surface area contributed by atoms with Crippen LogP contribution in [0.3, 0.4) is 0 Å². The number of hydrogen-bond acceptors (Lipinski definition) is 3. The van der Waals surface area contributed by atoms with Gasteiger partial charge in [-0.25, -0.2) is 8.78 Å². The van der Waals surface area contributed by atoms with Crippen LogP contribution >= 0.6 is 11.8 Å². The molecule has 5 heteroatoms. The van der Waals surface area contributed by atoms with Crippen LogP contribution in [-0.2, 0) is 6.54 Å². The van der Waals surface area contributed by atoms with Crippen molar-refractivity contribution in [3.63, 3.8) is 0 Å². The standard InChI is InChI=1S/C15H18F2N2S/c16-12-4-3-11(13(17)7-12)8-18-14-19-9-15(10-20-14)5-1-2-6-15/h3-4,7H,1-2,5-6,8-10H2,(H,18,19). The van der Waals surface area contributed by atoms with Crippen molar-refractivity contribution >= 4 is 16.9 Å². The number of amidine groups is 1. The van der Waals surface area contributed by atoms with Crippen molar-refractivity contribution in [3.8, 4) is 0 Å². The molecular formula is C15H18F2N2S. The molecule has 1 saturated carbocycles. The predicted octanol–water partition coefficient (Wildman–Crippen LogP) is 3.72. The van der Waals surface area contributed by atoms with E-state index in [2.05, 4.69) is 10.3 Å². The molecule has 1 spiro atoms. The molecule has 3 rings (SSSR count). The predicted molar refractivity (Wildman–Crippen MR) is 78.9 cm³/mol. The maximum absolute atomic E-state index is 13.5. The number of benzene rings is 1. The molecule has 2 nitrogen and oxygen atoms in total. The van der Waals surface area contributed by atoms with Crippen LogP contribution in [0.1, 0.15) is 31.2 Å². The normalized spacial score (nSPS) is 21.0. The van der Waals surface area contributed by atoms with E-state index in [1.54, 1.807) is 11.8 Å². The van der Waals surface area contributed by atoms with Crippen LogP contribution in [0.5, 0.6) is 0 Å². The summed E-state index contributed by atoms with van der Waals surface area (Å²) in [7, 11) is 0. The maximum Gasteiger partial charge on any atom is 0.156 e. The molecule has 108 valence electrons. The van der Waals surface area contributed by atoms with E-state index < -0.39 is 11.6 Å². The molecule has 1 heterocycles. The number of thioether (sulfide) groups is 1. The number of aliphatic imine (C=N–C) groups is 1. The summed E-state index contributed by atoms with van der Waals surface area (Å²) in [6.45, 7) is 1.24. The zero-order chi connectivity index (χ0) is 14.0. The molecule has 0 saturated heterocycles. The maximum atomic E-state index is 13.5. The fourth-order valence-electron chi connectivity index (χ4n) is 2.92. The summed E-state index contributed by atoms with van der Waals surface area (Å²) in [5.41, 5.74) is 0.882. The molecule has 0 atom stereocenters. The van der Waals surface area contributed by atoms with Gasteiger partial charge in [-0.1, -0.05) is 30.7 Å². The first kappa shape index (κ1) is 13.9. The van der Waals surface area contributed by atoms with Crippen LogP contribution in [0, 0.1) is 17.0 Å². The third-order valence-electron chi connectivity index (χ3n) is 4.18. The Balaban J connectivity index is 1.58. The van der Waals surface area contributed by atoms with Crippen LogP contribution in [0.2, 0.25) is 0 Å². The lowest BCUT2D eigenvalue weighted by Gasteiger charge is -2.31. The van der Waals surface area contributed by atoms with Gasteiger partial charge in [0.1, 0.15) is 11.6 Å². The van der Waals surface area contributed by atoms with Gasteiger partial charge in [0.15, 0.2) is 5.17 Å². The molecule has 1 aliphatic carbocycles. The van der Waals surface area contributed by atoms with Gasteiger partial charge < -0.3 is 5.32 Å². The van der Waals surface area contributed by atoms with Crippen molar-refractivity contribution in [1.29, 1.82) is 0 Å². The van der Waals surface area contributed by atoms with Gasteiger partial charge in [0, 0.05) is 30.5 Å². The Kier molecular flexibility index (Phi) is 3.96. The Hall–Kier alpha value is -1.10. The number of rotatable bonds is 2. The highest BCUT2D eigenvalue weighted by Crippen LogP contribution is 2.43. The summed E-state index contributed by atoms with van der Waals surface area (Å²) in [6, 6.07) is 3.67. The molecule has 0 aromatic heterocycles. The Labute approximate surface area is 122 Å². The second kappa shape index (κ2) is 5.72.